The Labute approximate surface area is 389 Å². The van der Waals surface area contributed by atoms with Gasteiger partial charge < -0.3 is 64.0 Å². The van der Waals surface area contributed by atoms with Gasteiger partial charge in [0, 0.05) is 19.3 Å². The minimum atomic E-state index is -1.84. The van der Waals surface area contributed by atoms with Crippen molar-refractivity contribution in [3.63, 3.8) is 0 Å². The van der Waals surface area contributed by atoms with Gasteiger partial charge >= 0.3 is 11.9 Å². The Hall–Kier alpha value is -7.53. The molecule has 0 fully saturated rings. The average Bonchev–Trinajstić information content (AvgIpc) is 3.29. The minimum Gasteiger partial charge on any atom is -0.508 e. The van der Waals surface area contributed by atoms with E-state index in [2.05, 4.69) is 37.2 Å². The number of primary amides is 1. The third-order valence-electron chi connectivity index (χ3n) is 9.77. The van der Waals surface area contributed by atoms with Gasteiger partial charge in [0.2, 0.25) is 47.3 Å². The Morgan fingerprint density at radius 2 is 0.955 bits per heavy atom. The smallest absolute Gasteiger partial charge is 0.326 e. The first-order valence-corrected chi connectivity index (χ1v) is 22.1. The molecule has 0 saturated heterocycles. The summed E-state index contributed by atoms with van der Waals surface area (Å²) < 4.78 is 0. The molecule has 0 aromatic heterocycles. The second-order valence-electron chi connectivity index (χ2n) is 15.0. The van der Waals surface area contributed by atoms with Gasteiger partial charge in [0.25, 0.3) is 0 Å². The van der Waals surface area contributed by atoms with Crippen LogP contribution in [0, 0.1) is 0 Å². The third-order valence-corrected chi connectivity index (χ3v) is 10.4. The second-order valence-corrected chi connectivity index (χ2v) is 16.0. The van der Waals surface area contributed by atoms with Crippen molar-refractivity contribution >= 4 is 71.0 Å². The zero-order chi connectivity index (χ0) is 49.5. The quantitative estimate of drug-likeness (QED) is 0.0361. The van der Waals surface area contributed by atoms with Crippen LogP contribution in [0.1, 0.15) is 36.0 Å². The van der Waals surface area contributed by atoms with Crippen molar-refractivity contribution in [1.82, 2.24) is 37.2 Å². The van der Waals surface area contributed by atoms with Gasteiger partial charge in [-0.2, -0.15) is 11.8 Å². The number of carbonyl (C=O) groups is 10. The summed E-state index contributed by atoms with van der Waals surface area (Å²) in [4.78, 5) is 130. The van der Waals surface area contributed by atoms with E-state index in [1.807, 2.05) is 0 Å². The molecule has 8 amide bonds. The lowest BCUT2D eigenvalue weighted by Crippen LogP contribution is -2.60. The average molecular weight is 950 g/mol. The zero-order valence-electron chi connectivity index (χ0n) is 36.4. The first-order chi connectivity index (χ1) is 31.9. The number of hydrogen-bond acceptors (Lipinski definition) is 13. The Balaban J connectivity index is 1.87. The molecule has 14 N–H and O–H groups in total. The lowest BCUT2D eigenvalue weighted by molar-refractivity contribution is -0.143. The fourth-order valence-corrected chi connectivity index (χ4v) is 6.81. The van der Waals surface area contributed by atoms with Gasteiger partial charge in [0.15, 0.2) is 0 Å². The lowest BCUT2D eigenvalue weighted by atomic mass is 10.0. The molecule has 0 aliphatic heterocycles. The van der Waals surface area contributed by atoms with Gasteiger partial charge in [-0.15, -0.1) is 0 Å². The number of aromatic hydroxyl groups is 1. The minimum absolute atomic E-state index is 0.0515. The molecular formula is C44H55N9O13S. The van der Waals surface area contributed by atoms with Crippen molar-refractivity contribution in [2.75, 3.05) is 25.1 Å². The Kier molecular flexibility index (Phi) is 22.3. The number of aliphatic carboxylic acids is 2. The number of nitrogens with one attached hydrogen (secondary N) is 7. The molecule has 22 nitrogen and oxygen atoms in total. The predicted molar refractivity (Wildman–Crippen MR) is 242 cm³/mol. The second kappa shape index (κ2) is 27.7. The van der Waals surface area contributed by atoms with Crippen LogP contribution in [-0.2, 0) is 67.2 Å². The number of rotatable bonds is 28. The maximum absolute atomic E-state index is 14.1. The number of benzene rings is 3. The van der Waals surface area contributed by atoms with E-state index in [9.17, 15) is 63.3 Å². The summed E-state index contributed by atoms with van der Waals surface area (Å²) in [6.07, 6.45) is -0.718. The van der Waals surface area contributed by atoms with Crippen LogP contribution in [-0.4, -0.2) is 136 Å². The molecular weight excluding hydrogens is 895 g/mol. The van der Waals surface area contributed by atoms with Crippen LogP contribution >= 0.6 is 11.8 Å². The fraction of sp³-hybridized carbons (Fsp3) is 0.364. The highest BCUT2D eigenvalue weighted by molar-refractivity contribution is 7.98. The van der Waals surface area contributed by atoms with Gasteiger partial charge in [-0.3, -0.25) is 43.2 Å². The largest absolute Gasteiger partial charge is 0.508 e. The van der Waals surface area contributed by atoms with Gasteiger partial charge in [-0.1, -0.05) is 72.8 Å². The molecule has 0 aliphatic carbocycles. The van der Waals surface area contributed by atoms with E-state index >= 15 is 0 Å². The molecule has 0 radical (unpaired) electrons. The normalized spacial score (nSPS) is 13.4. The molecule has 3 aromatic rings. The number of hydrogen-bond donors (Lipinski definition) is 12. The van der Waals surface area contributed by atoms with E-state index in [-0.39, 0.29) is 43.7 Å². The van der Waals surface area contributed by atoms with Gasteiger partial charge in [-0.25, -0.2) is 4.79 Å². The van der Waals surface area contributed by atoms with Crippen molar-refractivity contribution in [3.8, 4) is 5.75 Å². The highest BCUT2D eigenvalue weighted by Gasteiger charge is 2.35. The van der Waals surface area contributed by atoms with E-state index < -0.39 is 115 Å². The molecule has 67 heavy (non-hydrogen) atoms. The first-order valence-electron chi connectivity index (χ1n) is 20.7. The number of carboxylic acids is 2. The highest BCUT2D eigenvalue weighted by atomic mass is 32.2. The van der Waals surface area contributed by atoms with Crippen LogP contribution in [0.5, 0.6) is 5.75 Å². The van der Waals surface area contributed by atoms with E-state index in [0.717, 1.165) is 0 Å². The monoisotopic (exact) mass is 949 g/mol. The summed E-state index contributed by atoms with van der Waals surface area (Å²) >= 11 is 1.26. The molecule has 360 valence electrons. The lowest BCUT2D eigenvalue weighted by Gasteiger charge is -2.27. The van der Waals surface area contributed by atoms with Crippen LogP contribution in [0.25, 0.3) is 0 Å². The Morgan fingerprint density at radius 3 is 1.43 bits per heavy atom. The maximum atomic E-state index is 14.1. The number of thioether (sulfide) groups is 1. The van der Waals surface area contributed by atoms with Crippen LogP contribution in [0.4, 0.5) is 0 Å². The number of phenolic OH excluding ortho intramolecular Hbond substituents is 1. The molecule has 0 heterocycles. The van der Waals surface area contributed by atoms with Gasteiger partial charge in [-0.05, 0) is 47.3 Å². The summed E-state index contributed by atoms with van der Waals surface area (Å²) in [7, 11) is 0. The van der Waals surface area contributed by atoms with Gasteiger partial charge in [0.1, 0.15) is 42.0 Å². The van der Waals surface area contributed by atoms with Crippen LogP contribution in [0.2, 0.25) is 0 Å². The summed E-state index contributed by atoms with van der Waals surface area (Å²) in [5.41, 5.74) is 12.4. The summed E-state index contributed by atoms with van der Waals surface area (Å²) in [5.74, 6) is -10.5. The van der Waals surface area contributed by atoms with Crippen LogP contribution in [0.15, 0.2) is 84.9 Å². The number of amides is 8. The van der Waals surface area contributed by atoms with Crippen molar-refractivity contribution in [1.29, 1.82) is 0 Å². The first kappa shape index (κ1) is 53.8. The molecule has 3 aromatic carbocycles. The van der Waals surface area contributed by atoms with Crippen molar-refractivity contribution in [2.24, 2.45) is 11.5 Å². The zero-order valence-corrected chi connectivity index (χ0v) is 37.2. The molecule has 6 atom stereocenters. The maximum Gasteiger partial charge on any atom is 0.326 e. The Bertz CT molecular complexity index is 2200. The molecule has 23 heteroatoms. The molecule has 0 unspecified atom stereocenters. The summed E-state index contributed by atoms with van der Waals surface area (Å²) in [6, 6.07) is 12.9. The summed E-state index contributed by atoms with van der Waals surface area (Å²) in [6.45, 7) is -0.895. The SMILES string of the molecule is CSCC[C@H](NC(=O)[C@H](CC(N)=O)NC(=O)[C@H](Cc1ccccc1)NC(=O)[C@H](Cc1ccccc1)NC(=O)CNC(=O)CN)C(=O)N[C@@H](CC(=O)O)C(=O)N[C@@H](Cc1ccc(O)cc1)C(=O)O. The van der Waals surface area contributed by atoms with Gasteiger partial charge in [0.05, 0.1) is 25.9 Å². The molecule has 0 spiro atoms. The summed E-state index contributed by atoms with van der Waals surface area (Å²) in [5, 5.41) is 45.8. The Morgan fingerprint density at radius 1 is 0.537 bits per heavy atom. The van der Waals surface area contributed by atoms with E-state index in [1.165, 1.54) is 36.0 Å². The van der Waals surface area contributed by atoms with Crippen molar-refractivity contribution in [3.05, 3.63) is 102 Å². The third kappa shape index (κ3) is 19.6. The van der Waals surface area contributed by atoms with Crippen LogP contribution < -0.4 is 48.7 Å². The number of carboxylic acid groups (broad SMARTS) is 2. The highest BCUT2D eigenvalue weighted by Crippen LogP contribution is 2.13. The topological polar surface area (TPSA) is 368 Å². The number of phenols is 1. The van der Waals surface area contributed by atoms with E-state index in [4.69, 9.17) is 11.5 Å². The van der Waals surface area contributed by atoms with Crippen molar-refractivity contribution < 1.29 is 63.3 Å². The number of nitrogens with two attached hydrogens (primary N) is 2. The molecule has 3 rings (SSSR count). The fourth-order valence-electron chi connectivity index (χ4n) is 6.34. The molecule has 0 aliphatic rings. The predicted octanol–water partition coefficient (Wildman–Crippen LogP) is -2.41. The van der Waals surface area contributed by atoms with Crippen LogP contribution in [0.3, 0.4) is 0 Å². The molecule has 0 bridgehead atoms. The van der Waals surface area contributed by atoms with E-state index in [1.54, 1.807) is 66.9 Å². The molecule has 0 saturated carbocycles. The van der Waals surface area contributed by atoms with Crippen molar-refractivity contribution in [2.45, 2.75) is 74.8 Å². The van der Waals surface area contributed by atoms with E-state index in [0.29, 0.717) is 16.7 Å². The number of carbonyl (C=O) groups excluding carboxylic acids is 8. The standard InChI is InChI=1S/C44H55N9O13S/c1-67-17-16-29(39(60)52-33(22-38(58)59)43(64)53-34(44(65)66)20-27-12-14-28(54)15-13-27)49-42(63)32(21-35(46)55)51-41(62)31(19-26-10-6-3-7-11-26)50-40(61)30(18-25-8-4-2-5-9-25)48-37(57)24-47-36(56)23-45/h2-15,29-34,54H,16-24,45H2,1H3,(H2,46,55)(H,47,56)(H,48,57)(H,49,63)(H,50,61)(H,51,62)(H,52,60)(H,53,64)(H,58,59)(H,65,66)/t29-,30-,31-,32-,33-,34-/m0/s1.